The lowest BCUT2D eigenvalue weighted by Crippen LogP contribution is -2.55. The third kappa shape index (κ3) is 3.29. The number of anilines is 2. The average molecular weight is 393 g/mol. The number of morpholine rings is 1. The van der Waals surface area contributed by atoms with E-state index in [1.807, 2.05) is 36.7 Å². The highest BCUT2D eigenvalue weighted by atomic mass is 16.5. The minimum Gasteiger partial charge on any atom is -0.481 e. The number of aromatic amines is 1. The fraction of sp³-hybridized carbons (Fsp3) is 0.381. The fourth-order valence-corrected chi connectivity index (χ4v) is 4.28. The second-order valence-electron chi connectivity index (χ2n) is 7.51. The van der Waals surface area contributed by atoms with Gasteiger partial charge in [0.15, 0.2) is 11.6 Å². The molecule has 1 aromatic carbocycles. The molecule has 0 radical (unpaired) electrons. The van der Waals surface area contributed by atoms with E-state index in [1.165, 1.54) is 0 Å². The van der Waals surface area contributed by atoms with Crippen molar-refractivity contribution in [1.29, 1.82) is 0 Å². The molecule has 0 amide bonds. The van der Waals surface area contributed by atoms with Crippen molar-refractivity contribution in [2.45, 2.75) is 18.9 Å². The highest BCUT2D eigenvalue weighted by Crippen LogP contribution is 2.37. The van der Waals surface area contributed by atoms with E-state index in [4.69, 9.17) is 14.8 Å². The Balaban J connectivity index is 1.54. The Morgan fingerprint density at radius 1 is 1.34 bits per heavy atom. The first-order valence-electron chi connectivity index (χ1n) is 9.95. The first-order valence-corrected chi connectivity index (χ1v) is 9.95. The van der Waals surface area contributed by atoms with Crippen molar-refractivity contribution >= 4 is 28.4 Å². The van der Waals surface area contributed by atoms with Crippen LogP contribution in [-0.4, -0.2) is 64.9 Å². The Hall–Kier alpha value is -3.13. The van der Waals surface area contributed by atoms with Crippen LogP contribution >= 0.6 is 0 Å². The summed E-state index contributed by atoms with van der Waals surface area (Å²) in [5.74, 6) is 0.847. The molecule has 4 heterocycles. The molecule has 0 aliphatic carbocycles. The maximum Gasteiger partial charge on any atom is 0.303 e. The zero-order valence-electron chi connectivity index (χ0n) is 16.0. The van der Waals surface area contributed by atoms with E-state index < -0.39 is 5.97 Å². The molecule has 8 heteroatoms. The minimum absolute atomic E-state index is 0.158. The molecule has 0 saturated carbocycles. The molecular weight excluding hydrogens is 370 g/mol. The van der Waals surface area contributed by atoms with Gasteiger partial charge in [0.2, 0.25) is 0 Å². The number of rotatable bonds is 5. The van der Waals surface area contributed by atoms with Crippen LogP contribution in [0.4, 0.5) is 11.5 Å². The molecule has 29 heavy (non-hydrogen) atoms. The molecule has 2 aliphatic heterocycles. The molecule has 8 nitrogen and oxygen atoms in total. The van der Waals surface area contributed by atoms with E-state index in [2.05, 4.69) is 19.8 Å². The number of hydrogen-bond acceptors (Lipinski definition) is 6. The Morgan fingerprint density at radius 3 is 3.17 bits per heavy atom. The molecule has 0 unspecified atom stereocenters. The van der Waals surface area contributed by atoms with Crippen LogP contribution in [-0.2, 0) is 9.53 Å². The number of aromatic nitrogens is 3. The van der Waals surface area contributed by atoms with E-state index in [-0.39, 0.29) is 12.5 Å². The van der Waals surface area contributed by atoms with Gasteiger partial charge in [-0.3, -0.25) is 4.79 Å². The summed E-state index contributed by atoms with van der Waals surface area (Å²) in [6.07, 6.45) is 4.56. The van der Waals surface area contributed by atoms with Crippen LogP contribution in [0.15, 0.2) is 36.7 Å². The second kappa shape index (κ2) is 7.36. The van der Waals surface area contributed by atoms with Gasteiger partial charge in [-0.15, -0.1) is 0 Å². The zero-order valence-corrected chi connectivity index (χ0v) is 16.0. The lowest BCUT2D eigenvalue weighted by molar-refractivity contribution is -0.137. The summed E-state index contributed by atoms with van der Waals surface area (Å²) in [6.45, 7) is 3.59. The quantitative estimate of drug-likeness (QED) is 0.688. The molecule has 1 saturated heterocycles. The van der Waals surface area contributed by atoms with Crippen molar-refractivity contribution in [3.05, 3.63) is 36.7 Å². The van der Waals surface area contributed by atoms with Gasteiger partial charge in [-0.25, -0.2) is 9.97 Å². The number of carbonyl (C=O) groups is 1. The van der Waals surface area contributed by atoms with Crippen LogP contribution in [0.25, 0.3) is 22.3 Å². The molecule has 2 N–H and O–H groups in total. The molecule has 1 atom stereocenters. The summed E-state index contributed by atoms with van der Waals surface area (Å²) in [5.41, 5.74) is 3.03. The standard InChI is InChI=1S/C21H23N5O3/c27-19(28)5-2-8-25-12-14-13-29-10-9-26(14)21-18(25)11-23-20(24-21)16-3-1-4-17-15(16)6-7-22-17/h1,3-4,6-7,11,14,22H,2,5,8-10,12-13H2,(H,27,28)/t14-/m1/s1. The molecule has 1 fully saturated rings. The number of nitrogens with one attached hydrogen (secondary N) is 1. The number of H-pyrrole nitrogens is 1. The van der Waals surface area contributed by atoms with E-state index >= 15 is 0 Å². The van der Waals surface area contributed by atoms with Crippen molar-refractivity contribution in [3.8, 4) is 11.4 Å². The number of fused-ring (bicyclic) bond motifs is 4. The van der Waals surface area contributed by atoms with Gasteiger partial charge in [-0.2, -0.15) is 0 Å². The van der Waals surface area contributed by atoms with Gasteiger partial charge < -0.3 is 24.6 Å². The normalized spacial score (nSPS) is 18.6. The molecule has 5 rings (SSSR count). The highest BCUT2D eigenvalue weighted by molar-refractivity contribution is 5.93. The van der Waals surface area contributed by atoms with Crippen LogP contribution in [0.5, 0.6) is 0 Å². The van der Waals surface area contributed by atoms with Crippen molar-refractivity contribution in [1.82, 2.24) is 15.0 Å². The number of aliphatic carboxylic acids is 1. The summed E-state index contributed by atoms with van der Waals surface area (Å²) in [4.78, 5) is 28.3. The van der Waals surface area contributed by atoms with Crippen LogP contribution in [0.1, 0.15) is 12.8 Å². The number of nitrogens with zero attached hydrogens (tertiary/aromatic N) is 4. The Morgan fingerprint density at radius 2 is 2.28 bits per heavy atom. The predicted octanol–water partition coefficient (Wildman–Crippen LogP) is 2.51. The third-order valence-corrected chi connectivity index (χ3v) is 5.68. The summed E-state index contributed by atoms with van der Waals surface area (Å²) in [7, 11) is 0. The minimum atomic E-state index is -0.768. The van der Waals surface area contributed by atoms with Crippen molar-refractivity contribution in [3.63, 3.8) is 0 Å². The van der Waals surface area contributed by atoms with Gasteiger partial charge in [-0.05, 0) is 18.6 Å². The van der Waals surface area contributed by atoms with Crippen LogP contribution in [0, 0.1) is 0 Å². The van der Waals surface area contributed by atoms with E-state index in [1.54, 1.807) is 0 Å². The van der Waals surface area contributed by atoms with Crippen molar-refractivity contribution in [2.24, 2.45) is 0 Å². The van der Waals surface area contributed by atoms with Crippen LogP contribution in [0.2, 0.25) is 0 Å². The second-order valence-corrected chi connectivity index (χ2v) is 7.51. The zero-order chi connectivity index (χ0) is 19.8. The number of ether oxygens (including phenoxy) is 1. The van der Waals surface area contributed by atoms with Gasteiger partial charge in [0, 0.05) is 48.7 Å². The molecular formula is C21H23N5O3. The molecule has 2 aromatic heterocycles. The number of carboxylic acids is 1. The van der Waals surface area contributed by atoms with Gasteiger partial charge in [-0.1, -0.05) is 12.1 Å². The van der Waals surface area contributed by atoms with Crippen LogP contribution in [0.3, 0.4) is 0 Å². The third-order valence-electron chi connectivity index (χ3n) is 5.68. The summed E-state index contributed by atoms with van der Waals surface area (Å²) in [5, 5.41) is 10.1. The average Bonchev–Trinajstić information content (AvgIpc) is 3.22. The fourth-order valence-electron chi connectivity index (χ4n) is 4.28. The Kier molecular flexibility index (Phi) is 4.55. The SMILES string of the molecule is O=C(O)CCCN1C[C@@H]2COCCN2c2nc(-c3cccc4[nH]ccc34)ncc21. The molecule has 0 bridgehead atoms. The van der Waals surface area contributed by atoms with E-state index in [0.29, 0.717) is 32.0 Å². The molecule has 0 spiro atoms. The van der Waals surface area contributed by atoms with Gasteiger partial charge in [0.05, 0.1) is 31.1 Å². The first-order chi connectivity index (χ1) is 14.2. The Labute approximate surface area is 168 Å². The monoisotopic (exact) mass is 393 g/mol. The Bertz CT molecular complexity index is 1050. The lowest BCUT2D eigenvalue weighted by atomic mass is 10.1. The topological polar surface area (TPSA) is 94.6 Å². The maximum atomic E-state index is 10.9. The summed E-state index contributed by atoms with van der Waals surface area (Å²) >= 11 is 0. The molecule has 150 valence electrons. The smallest absolute Gasteiger partial charge is 0.303 e. The molecule has 2 aliphatic rings. The van der Waals surface area contributed by atoms with Crippen molar-refractivity contribution in [2.75, 3.05) is 42.6 Å². The number of carboxylic acid groups (broad SMARTS) is 1. The van der Waals surface area contributed by atoms with Gasteiger partial charge in [0.25, 0.3) is 0 Å². The largest absolute Gasteiger partial charge is 0.481 e. The number of hydrogen-bond donors (Lipinski definition) is 2. The first kappa shape index (κ1) is 17.9. The number of benzene rings is 1. The summed E-state index contributed by atoms with van der Waals surface area (Å²) < 4.78 is 5.70. The van der Waals surface area contributed by atoms with E-state index in [9.17, 15) is 4.79 Å². The maximum absolute atomic E-state index is 10.9. The van der Waals surface area contributed by atoms with Crippen LogP contribution < -0.4 is 9.80 Å². The predicted molar refractivity (Wildman–Crippen MR) is 110 cm³/mol. The highest BCUT2D eigenvalue weighted by Gasteiger charge is 2.34. The lowest BCUT2D eigenvalue weighted by Gasteiger charge is -2.45. The van der Waals surface area contributed by atoms with Crippen molar-refractivity contribution < 1.29 is 14.6 Å². The van der Waals surface area contributed by atoms with Gasteiger partial charge >= 0.3 is 5.97 Å². The van der Waals surface area contributed by atoms with E-state index in [0.717, 1.165) is 41.1 Å². The summed E-state index contributed by atoms with van der Waals surface area (Å²) in [6, 6.07) is 8.35. The van der Waals surface area contributed by atoms with Gasteiger partial charge in [0.1, 0.15) is 0 Å². The molecule has 3 aromatic rings.